The lowest BCUT2D eigenvalue weighted by Gasteiger charge is -2.27. The zero-order chi connectivity index (χ0) is 19.0. The fourth-order valence-electron chi connectivity index (χ4n) is 2.74. The fourth-order valence-corrected chi connectivity index (χ4v) is 2.74. The maximum Gasteiger partial charge on any atom is 0.243 e. The molecule has 1 aliphatic heterocycles. The summed E-state index contributed by atoms with van der Waals surface area (Å²) in [5.41, 5.74) is 1.21. The second-order valence-electron chi connectivity index (χ2n) is 7.67. The van der Waals surface area contributed by atoms with Crippen LogP contribution in [0.1, 0.15) is 25.8 Å². The molecule has 1 saturated heterocycles. The fraction of sp³-hybridized carbons (Fsp3) is 0.600. The lowest BCUT2D eigenvalue weighted by atomic mass is 9.85. The van der Waals surface area contributed by atoms with E-state index in [9.17, 15) is 4.79 Å². The number of rotatable bonds is 7. The van der Waals surface area contributed by atoms with E-state index in [0.29, 0.717) is 11.9 Å². The molecule has 1 heterocycles. The minimum absolute atomic E-state index is 0. The molecule has 152 valence electrons. The molecule has 7 heteroatoms. The highest BCUT2D eigenvalue weighted by Crippen LogP contribution is 2.21. The predicted molar refractivity (Wildman–Crippen MR) is 121 cm³/mol. The lowest BCUT2D eigenvalue weighted by Crippen LogP contribution is -2.45. The number of hydrogen-bond donors (Lipinski definition) is 2. The minimum atomic E-state index is -0.0499. The van der Waals surface area contributed by atoms with E-state index in [2.05, 4.69) is 53.7 Å². The molecule has 6 nitrogen and oxygen atoms in total. The van der Waals surface area contributed by atoms with Crippen LogP contribution in [-0.2, 0) is 14.9 Å². The molecule has 0 aromatic heterocycles. The van der Waals surface area contributed by atoms with Gasteiger partial charge in [-0.2, -0.15) is 0 Å². The van der Waals surface area contributed by atoms with Gasteiger partial charge < -0.3 is 20.3 Å². The molecule has 0 bridgehead atoms. The van der Waals surface area contributed by atoms with Gasteiger partial charge in [-0.15, -0.1) is 24.0 Å². The van der Waals surface area contributed by atoms with E-state index in [1.807, 2.05) is 6.07 Å². The van der Waals surface area contributed by atoms with Gasteiger partial charge >= 0.3 is 0 Å². The van der Waals surface area contributed by atoms with E-state index >= 15 is 0 Å². The van der Waals surface area contributed by atoms with Crippen molar-refractivity contribution in [1.82, 2.24) is 15.5 Å². The highest BCUT2D eigenvalue weighted by Gasteiger charge is 2.21. The van der Waals surface area contributed by atoms with Crippen molar-refractivity contribution < 1.29 is 9.53 Å². The zero-order valence-corrected chi connectivity index (χ0v) is 19.2. The van der Waals surface area contributed by atoms with Crippen molar-refractivity contribution in [3.05, 3.63) is 35.9 Å². The number of guanidine groups is 1. The van der Waals surface area contributed by atoms with E-state index in [1.165, 1.54) is 5.56 Å². The molecular formula is C20H33IN4O2. The van der Waals surface area contributed by atoms with Gasteiger partial charge in [0.05, 0.1) is 6.61 Å². The first-order valence-corrected chi connectivity index (χ1v) is 9.24. The molecule has 27 heavy (non-hydrogen) atoms. The molecule has 0 aliphatic carbocycles. The highest BCUT2D eigenvalue weighted by molar-refractivity contribution is 14.0. The molecule has 2 N–H and O–H groups in total. The standard InChI is InChI=1S/C20H32N4O2.HI/c1-20(2,17-8-6-5-7-9-17)15-23-19(22-13-18(25)24(3)4)21-12-16-10-11-26-14-16;/h5-9,16H,10-15H2,1-4H3,(H2,21,22,23);1H. The third-order valence-corrected chi connectivity index (χ3v) is 4.71. The number of hydrogen-bond acceptors (Lipinski definition) is 3. The summed E-state index contributed by atoms with van der Waals surface area (Å²) in [5, 5.41) is 6.77. The van der Waals surface area contributed by atoms with Crippen molar-refractivity contribution in [3.8, 4) is 0 Å². The number of likely N-dealkylation sites (N-methyl/N-ethyl adjacent to an activating group) is 1. The molecule has 0 saturated carbocycles. The van der Waals surface area contributed by atoms with E-state index in [4.69, 9.17) is 4.74 Å². The molecule has 1 aliphatic rings. The van der Waals surface area contributed by atoms with Gasteiger partial charge in [0.2, 0.25) is 5.91 Å². The van der Waals surface area contributed by atoms with Crippen molar-refractivity contribution in [2.75, 3.05) is 46.9 Å². The average Bonchev–Trinajstić information content (AvgIpc) is 3.15. The van der Waals surface area contributed by atoms with Gasteiger partial charge in [0, 0.05) is 45.1 Å². The molecule has 2 rings (SSSR count). The monoisotopic (exact) mass is 488 g/mol. The van der Waals surface area contributed by atoms with Gasteiger partial charge in [-0.3, -0.25) is 4.79 Å². The number of benzene rings is 1. The van der Waals surface area contributed by atoms with Crippen LogP contribution in [0.3, 0.4) is 0 Å². The first-order chi connectivity index (χ1) is 12.4. The number of halogens is 1. The maximum absolute atomic E-state index is 11.9. The normalized spacial score (nSPS) is 17.2. The van der Waals surface area contributed by atoms with Gasteiger partial charge in [0.25, 0.3) is 0 Å². The van der Waals surface area contributed by atoms with Crippen LogP contribution in [0.25, 0.3) is 0 Å². The van der Waals surface area contributed by atoms with E-state index in [-0.39, 0.29) is 41.8 Å². The first kappa shape index (κ1) is 23.7. The second kappa shape index (κ2) is 11.5. The summed E-state index contributed by atoms with van der Waals surface area (Å²) in [6, 6.07) is 10.4. The Bertz CT molecular complexity index is 599. The number of aliphatic imine (C=N–C) groups is 1. The number of nitrogens with zero attached hydrogens (tertiary/aromatic N) is 2. The van der Waals surface area contributed by atoms with Gasteiger partial charge in [0.15, 0.2) is 5.96 Å². The molecule has 1 aromatic rings. The predicted octanol–water partition coefficient (Wildman–Crippen LogP) is 2.24. The summed E-state index contributed by atoms with van der Waals surface area (Å²) in [6.45, 7) is 7.66. The Morgan fingerprint density at radius 1 is 1.26 bits per heavy atom. The summed E-state index contributed by atoms with van der Waals surface area (Å²) in [5.74, 6) is 1.16. The number of carbonyl (C=O) groups excluding carboxylic acids is 1. The number of amides is 1. The van der Waals surface area contributed by atoms with Crippen molar-refractivity contribution in [2.45, 2.75) is 25.7 Å². The molecule has 0 radical (unpaired) electrons. The van der Waals surface area contributed by atoms with Crippen LogP contribution in [0.15, 0.2) is 35.3 Å². The quantitative estimate of drug-likeness (QED) is 0.351. The zero-order valence-electron chi connectivity index (χ0n) is 16.8. The highest BCUT2D eigenvalue weighted by atomic mass is 127. The summed E-state index contributed by atoms with van der Waals surface area (Å²) in [7, 11) is 3.49. The summed E-state index contributed by atoms with van der Waals surface area (Å²) in [4.78, 5) is 17.9. The number of nitrogens with one attached hydrogen (secondary N) is 2. The summed E-state index contributed by atoms with van der Waals surface area (Å²) in [6.07, 6.45) is 1.06. The van der Waals surface area contributed by atoms with E-state index < -0.39 is 0 Å². The molecule has 1 atom stereocenters. The van der Waals surface area contributed by atoms with Crippen LogP contribution in [0.2, 0.25) is 0 Å². The molecule has 1 unspecified atom stereocenters. The Kier molecular flexibility index (Phi) is 10.1. The smallest absolute Gasteiger partial charge is 0.243 e. The van der Waals surface area contributed by atoms with Gasteiger partial charge in [-0.05, 0) is 12.0 Å². The second-order valence-corrected chi connectivity index (χ2v) is 7.67. The molecular weight excluding hydrogens is 455 g/mol. The Morgan fingerprint density at radius 2 is 1.96 bits per heavy atom. The first-order valence-electron chi connectivity index (χ1n) is 9.24. The Labute approximate surface area is 180 Å². The Hall–Kier alpha value is -1.35. The van der Waals surface area contributed by atoms with Crippen molar-refractivity contribution in [3.63, 3.8) is 0 Å². The molecule has 1 aromatic carbocycles. The van der Waals surface area contributed by atoms with E-state index in [1.54, 1.807) is 19.0 Å². The van der Waals surface area contributed by atoms with Gasteiger partial charge in [0.1, 0.15) is 6.54 Å². The summed E-state index contributed by atoms with van der Waals surface area (Å²) < 4.78 is 5.43. The Balaban J connectivity index is 0.00000364. The topological polar surface area (TPSA) is 66.0 Å². The largest absolute Gasteiger partial charge is 0.381 e. The Morgan fingerprint density at radius 3 is 2.56 bits per heavy atom. The van der Waals surface area contributed by atoms with Gasteiger partial charge in [-0.25, -0.2) is 4.99 Å². The SMILES string of the molecule is CN(C)C(=O)CN=C(NCC1CCOC1)NCC(C)(C)c1ccccc1.I. The van der Waals surface area contributed by atoms with Crippen LogP contribution in [0.4, 0.5) is 0 Å². The number of carbonyl (C=O) groups is 1. The van der Waals surface area contributed by atoms with Crippen LogP contribution in [0, 0.1) is 5.92 Å². The molecule has 0 spiro atoms. The number of ether oxygens (including phenoxy) is 1. The van der Waals surface area contributed by atoms with Crippen LogP contribution in [0.5, 0.6) is 0 Å². The van der Waals surface area contributed by atoms with Gasteiger partial charge in [-0.1, -0.05) is 44.2 Å². The molecule has 1 fully saturated rings. The average molecular weight is 488 g/mol. The lowest BCUT2D eigenvalue weighted by molar-refractivity contribution is -0.127. The minimum Gasteiger partial charge on any atom is -0.381 e. The third-order valence-electron chi connectivity index (χ3n) is 4.71. The van der Waals surface area contributed by atoms with Crippen LogP contribution >= 0.6 is 24.0 Å². The van der Waals surface area contributed by atoms with Crippen molar-refractivity contribution >= 4 is 35.8 Å². The molecule has 1 amide bonds. The third kappa shape index (κ3) is 8.04. The van der Waals surface area contributed by atoms with Crippen molar-refractivity contribution in [1.29, 1.82) is 0 Å². The van der Waals surface area contributed by atoms with Crippen LogP contribution in [-0.4, -0.2) is 63.7 Å². The summed E-state index contributed by atoms with van der Waals surface area (Å²) >= 11 is 0. The van der Waals surface area contributed by atoms with E-state index in [0.717, 1.165) is 32.7 Å². The van der Waals surface area contributed by atoms with Crippen molar-refractivity contribution in [2.24, 2.45) is 10.9 Å². The maximum atomic E-state index is 11.9. The van der Waals surface area contributed by atoms with Crippen LogP contribution < -0.4 is 10.6 Å².